The Morgan fingerprint density at radius 3 is 2.37 bits per heavy atom. The quantitative estimate of drug-likeness (QED) is 0.592. The molecule has 3 amide bonds. The van der Waals surface area contributed by atoms with Gasteiger partial charge in [-0.3, -0.25) is 14.3 Å². The average Bonchev–Trinajstić information content (AvgIpc) is 3.31. The van der Waals surface area contributed by atoms with Crippen molar-refractivity contribution in [1.82, 2.24) is 24.6 Å². The molecule has 5 rings (SSSR count). The molecule has 2 aromatic carbocycles. The Morgan fingerprint density at radius 2 is 1.67 bits per heavy atom. The number of carbonyl (C=O) groups is 2. The van der Waals surface area contributed by atoms with Crippen molar-refractivity contribution < 1.29 is 9.59 Å². The molecule has 9 heteroatoms. The predicted octanol–water partition coefficient (Wildman–Crippen LogP) is 3.12. The van der Waals surface area contributed by atoms with Gasteiger partial charge in [-0.2, -0.15) is 0 Å². The summed E-state index contributed by atoms with van der Waals surface area (Å²) in [5, 5.41) is 8.85. The van der Waals surface area contributed by atoms with Gasteiger partial charge in [-0.05, 0) is 17.7 Å². The van der Waals surface area contributed by atoms with Crippen molar-refractivity contribution in [2.24, 2.45) is 0 Å². The van der Waals surface area contributed by atoms with Crippen molar-refractivity contribution in [3.05, 3.63) is 64.6 Å². The van der Waals surface area contributed by atoms with Crippen LogP contribution in [0.3, 0.4) is 0 Å². The topological polar surface area (TPSA) is 74.6 Å². The summed E-state index contributed by atoms with van der Waals surface area (Å²) in [4.78, 5) is 30.6. The van der Waals surface area contributed by atoms with Crippen LogP contribution in [-0.2, 0) is 11.3 Å². The lowest BCUT2D eigenvalue weighted by Gasteiger charge is -2.40. The van der Waals surface area contributed by atoms with Gasteiger partial charge in [0.2, 0.25) is 5.95 Å². The van der Waals surface area contributed by atoms with E-state index >= 15 is 0 Å². The second-order valence-corrected chi connectivity index (χ2v) is 8.38. The van der Waals surface area contributed by atoms with Crippen molar-refractivity contribution >= 4 is 33.8 Å². The fraction of sp³-hybridized carbons (Fsp3) is 0.238. The number of hydrogen-bond donors (Lipinski definition) is 0. The third kappa shape index (κ3) is 2.72. The number of halogens is 1. The van der Waals surface area contributed by atoms with Crippen LogP contribution >= 0.6 is 15.9 Å². The van der Waals surface area contributed by atoms with Crippen LogP contribution in [0.25, 0.3) is 11.4 Å². The molecule has 0 radical (unpaired) electrons. The van der Waals surface area contributed by atoms with E-state index in [-0.39, 0.29) is 11.9 Å². The van der Waals surface area contributed by atoms with Crippen molar-refractivity contribution in [3.8, 4) is 11.4 Å². The van der Waals surface area contributed by atoms with E-state index in [0.29, 0.717) is 18.3 Å². The summed E-state index contributed by atoms with van der Waals surface area (Å²) in [5.74, 6) is 0.960. The number of anilines is 1. The number of fused-ring (bicyclic) bond motifs is 3. The predicted molar refractivity (Wildman–Crippen MR) is 115 cm³/mol. The molecule has 3 aromatic rings. The number of aromatic nitrogens is 3. The highest BCUT2D eigenvalue weighted by Gasteiger charge is 2.54. The van der Waals surface area contributed by atoms with E-state index in [9.17, 15) is 9.59 Å². The first-order valence-electron chi connectivity index (χ1n) is 9.53. The molecule has 3 heterocycles. The Hall–Kier alpha value is -3.20. The Balaban J connectivity index is 1.66. The Labute approximate surface area is 181 Å². The first-order chi connectivity index (χ1) is 14.5. The Kier molecular flexibility index (Phi) is 4.35. The van der Waals surface area contributed by atoms with Crippen LogP contribution in [0.15, 0.2) is 59.1 Å². The van der Waals surface area contributed by atoms with Gasteiger partial charge < -0.3 is 9.80 Å². The molecule has 1 saturated heterocycles. The zero-order valence-electron chi connectivity index (χ0n) is 16.4. The van der Waals surface area contributed by atoms with E-state index in [2.05, 4.69) is 26.1 Å². The summed E-state index contributed by atoms with van der Waals surface area (Å²) < 4.78 is 2.86. The van der Waals surface area contributed by atoms with Gasteiger partial charge in [-0.1, -0.05) is 58.4 Å². The number of rotatable bonds is 3. The fourth-order valence-electron chi connectivity index (χ4n) is 4.18. The SMILES string of the molecule is CN1C(=O)C2C(N(C)C1=O)n1c(-c3ccc(Br)cc3)nnc1N2Cc1ccccc1. The van der Waals surface area contributed by atoms with Crippen LogP contribution < -0.4 is 4.90 Å². The highest BCUT2D eigenvalue weighted by molar-refractivity contribution is 9.10. The smallest absolute Gasteiger partial charge is 0.321 e. The molecular formula is C21H19BrN6O2. The normalized spacial score (nSPS) is 20.6. The van der Waals surface area contributed by atoms with Crippen LogP contribution in [0.5, 0.6) is 0 Å². The molecule has 0 bridgehead atoms. The average molecular weight is 467 g/mol. The van der Waals surface area contributed by atoms with E-state index in [4.69, 9.17) is 0 Å². The van der Waals surface area contributed by atoms with Gasteiger partial charge in [-0.25, -0.2) is 4.79 Å². The molecule has 0 N–H and O–H groups in total. The summed E-state index contributed by atoms with van der Waals surface area (Å²) in [7, 11) is 3.23. The first-order valence-corrected chi connectivity index (χ1v) is 10.3. The van der Waals surface area contributed by atoms with E-state index in [1.807, 2.05) is 64.1 Å². The van der Waals surface area contributed by atoms with Crippen molar-refractivity contribution in [1.29, 1.82) is 0 Å². The van der Waals surface area contributed by atoms with E-state index in [1.54, 1.807) is 11.9 Å². The maximum atomic E-state index is 13.2. The van der Waals surface area contributed by atoms with Gasteiger partial charge in [0.1, 0.15) is 6.17 Å². The molecule has 1 fully saturated rings. The minimum absolute atomic E-state index is 0.244. The van der Waals surface area contributed by atoms with Crippen LogP contribution in [0.4, 0.5) is 10.7 Å². The molecular weight excluding hydrogens is 448 g/mol. The minimum Gasteiger partial charge on any atom is -0.321 e. The van der Waals surface area contributed by atoms with Gasteiger partial charge >= 0.3 is 6.03 Å². The second-order valence-electron chi connectivity index (χ2n) is 7.46. The minimum atomic E-state index is -0.572. The third-order valence-corrected chi connectivity index (χ3v) is 6.21. The number of carbonyl (C=O) groups excluding carboxylic acids is 2. The number of imide groups is 1. The monoisotopic (exact) mass is 466 g/mol. The summed E-state index contributed by atoms with van der Waals surface area (Å²) >= 11 is 3.45. The van der Waals surface area contributed by atoms with Gasteiger partial charge in [0.15, 0.2) is 11.9 Å². The molecule has 1 aromatic heterocycles. The van der Waals surface area contributed by atoms with Gasteiger partial charge in [0, 0.05) is 30.7 Å². The summed E-state index contributed by atoms with van der Waals surface area (Å²) in [6.45, 7) is 0.488. The molecule has 2 unspecified atom stereocenters. The van der Waals surface area contributed by atoms with Crippen LogP contribution in [0.2, 0.25) is 0 Å². The number of urea groups is 1. The molecule has 2 aliphatic rings. The van der Waals surface area contributed by atoms with Crippen LogP contribution in [-0.4, -0.2) is 56.6 Å². The zero-order chi connectivity index (χ0) is 21.0. The largest absolute Gasteiger partial charge is 0.327 e. The molecule has 0 spiro atoms. The first kappa shape index (κ1) is 18.8. The number of amides is 3. The van der Waals surface area contributed by atoms with Gasteiger partial charge in [-0.15, -0.1) is 10.2 Å². The molecule has 2 atom stereocenters. The van der Waals surface area contributed by atoms with Crippen LogP contribution in [0.1, 0.15) is 11.7 Å². The molecule has 0 aliphatic carbocycles. The van der Waals surface area contributed by atoms with E-state index in [0.717, 1.165) is 15.6 Å². The van der Waals surface area contributed by atoms with Gasteiger partial charge in [0.05, 0.1) is 0 Å². The molecule has 8 nitrogen and oxygen atoms in total. The summed E-state index contributed by atoms with van der Waals surface area (Å²) in [6.07, 6.45) is -0.520. The second kappa shape index (κ2) is 6.94. The highest BCUT2D eigenvalue weighted by atomic mass is 79.9. The van der Waals surface area contributed by atoms with Crippen molar-refractivity contribution in [2.75, 3.05) is 19.0 Å². The molecule has 152 valence electrons. The molecule has 30 heavy (non-hydrogen) atoms. The summed E-state index contributed by atoms with van der Waals surface area (Å²) in [5.41, 5.74) is 1.91. The number of hydrogen-bond acceptors (Lipinski definition) is 5. The lowest BCUT2D eigenvalue weighted by atomic mass is 10.1. The van der Waals surface area contributed by atoms with Crippen molar-refractivity contribution in [2.45, 2.75) is 18.8 Å². The lowest BCUT2D eigenvalue weighted by Crippen LogP contribution is -2.61. The zero-order valence-corrected chi connectivity index (χ0v) is 18.0. The van der Waals surface area contributed by atoms with Crippen molar-refractivity contribution in [3.63, 3.8) is 0 Å². The Bertz CT molecular complexity index is 1130. The number of likely N-dealkylation sites (N-methyl/N-ethyl adjacent to an activating group) is 2. The fourth-order valence-corrected chi connectivity index (χ4v) is 4.45. The molecule has 0 saturated carbocycles. The van der Waals surface area contributed by atoms with E-state index < -0.39 is 12.2 Å². The van der Waals surface area contributed by atoms with Crippen LogP contribution in [0, 0.1) is 0 Å². The summed E-state index contributed by atoms with van der Waals surface area (Å²) in [6, 6.07) is 16.7. The Morgan fingerprint density at radius 1 is 0.967 bits per heavy atom. The van der Waals surface area contributed by atoms with Gasteiger partial charge in [0.25, 0.3) is 5.91 Å². The van der Waals surface area contributed by atoms with E-state index in [1.165, 1.54) is 11.9 Å². The number of nitrogens with zero attached hydrogens (tertiary/aromatic N) is 6. The maximum Gasteiger partial charge on any atom is 0.327 e. The lowest BCUT2D eigenvalue weighted by molar-refractivity contribution is -0.133. The highest BCUT2D eigenvalue weighted by Crippen LogP contribution is 2.42. The maximum absolute atomic E-state index is 13.2. The standard InChI is InChI=1S/C21H19BrN6O2/c1-25-18-16(19(29)26(2)21(25)30)27(12-13-6-4-3-5-7-13)20-24-23-17(28(18)20)14-8-10-15(22)11-9-14/h3-11,16,18H,12H2,1-2H3. The molecule has 2 aliphatic heterocycles. The number of benzene rings is 2. The third-order valence-electron chi connectivity index (χ3n) is 5.68.